The van der Waals surface area contributed by atoms with Gasteiger partial charge in [-0.25, -0.2) is 4.79 Å². The van der Waals surface area contributed by atoms with Crippen LogP contribution in [0.2, 0.25) is 0 Å². The molecule has 0 aromatic heterocycles. The average molecular weight is 384 g/mol. The quantitative estimate of drug-likeness (QED) is 0.638. The molecule has 0 saturated carbocycles. The van der Waals surface area contributed by atoms with E-state index in [0.29, 0.717) is 14.9 Å². The van der Waals surface area contributed by atoms with Crippen LogP contribution in [0.5, 0.6) is 0 Å². The molecule has 0 atom stereocenters. The van der Waals surface area contributed by atoms with Gasteiger partial charge in [0.1, 0.15) is 0 Å². The number of benzene rings is 2. The van der Waals surface area contributed by atoms with Crippen LogP contribution in [0.1, 0.15) is 15.9 Å². The zero-order valence-electron chi connectivity index (χ0n) is 14.2. The van der Waals surface area contributed by atoms with Crippen molar-refractivity contribution in [1.29, 1.82) is 0 Å². The molecule has 2 aromatic rings. The van der Waals surface area contributed by atoms with E-state index in [-0.39, 0.29) is 11.5 Å². The van der Waals surface area contributed by atoms with Crippen molar-refractivity contribution < 1.29 is 14.7 Å². The molecule has 3 rings (SSSR count). The summed E-state index contributed by atoms with van der Waals surface area (Å²) in [6.07, 6.45) is 1.81. The Morgan fingerprint density at radius 3 is 2.27 bits per heavy atom. The molecule has 0 radical (unpaired) electrons. The molecule has 26 heavy (non-hydrogen) atoms. The number of nitrogens with zero attached hydrogens (tertiary/aromatic N) is 2. The van der Waals surface area contributed by atoms with E-state index in [0.717, 1.165) is 11.3 Å². The summed E-state index contributed by atoms with van der Waals surface area (Å²) in [4.78, 5) is 27.7. The highest BCUT2D eigenvalue weighted by atomic mass is 32.2. The van der Waals surface area contributed by atoms with Crippen LogP contribution in [0.15, 0.2) is 53.4 Å². The second-order valence-electron chi connectivity index (χ2n) is 5.86. The third-order valence-electron chi connectivity index (χ3n) is 3.87. The Morgan fingerprint density at radius 1 is 1.12 bits per heavy atom. The average Bonchev–Trinajstić information content (AvgIpc) is 2.89. The van der Waals surface area contributed by atoms with Crippen LogP contribution in [-0.2, 0) is 4.79 Å². The Bertz CT molecular complexity index is 903. The monoisotopic (exact) mass is 384 g/mol. The molecule has 0 spiro atoms. The fourth-order valence-electron chi connectivity index (χ4n) is 2.46. The second-order valence-corrected chi connectivity index (χ2v) is 7.53. The van der Waals surface area contributed by atoms with Crippen molar-refractivity contribution in [2.24, 2.45) is 0 Å². The number of anilines is 2. The maximum absolute atomic E-state index is 12.7. The topological polar surface area (TPSA) is 60.9 Å². The fourth-order valence-corrected chi connectivity index (χ4v) is 3.76. The van der Waals surface area contributed by atoms with Gasteiger partial charge < -0.3 is 10.0 Å². The van der Waals surface area contributed by atoms with E-state index in [9.17, 15) is 9.59 Å². The molecule has 1 heterocycles. The van der Waals surface area contributed by atoms with Crippen LogP contribution < -0.4 is 9.80 Å². The van der Waals surface area contributed by atoms with Gasteiger partial charge in [0.25, 0.3) is 5.91 Å². The van der Waals surface area contributed by atoms with Crippen molar-refractivity contribution in [2.75, 3.05) is 23.9 Å². The Balaban J connectivity index is 1.85. The first-order valence-electron chi connectivity index (χ1n) is 7.75. The van der Waals surface area contributed by atoms with Gasteiger partial charge in [0.2, 0.25) is 0 Å². The molecule has 1 aliphatic rings. The first-order chi connectivity index (χ1) is 12.4. The van der Waals surface area contributed by atoms with E-state index in [1.165, 1.54) is 28.8 Å². The van der Waals surface area contributed by atoms with E-state index in [4.69, 9.17) is 17.3 Å². The third kappa shape index (κ3) is 3.63. The second kappa shape index (κ2) is 7.31. The van der Waals surface area contributed by atoms with E-state index < -0.39 is 5.97 Å². The normalized spacial score (nSPS) is 15.6. The molecule has 1 N–H and O–H groups in total. The van der Waals surface area contributed by atoms with Crippen molar-refractivity contribution >= 4 is 57.6 Å². The minimum Gasteiger partial charge on any atom is -0.478 e. The van der Waals surface area contributed by atoms with Gasteiger partial charge in [-0.2, -0.15) is 0 Å². The number of thiocarbonyl (C=S) groups is 1. The number of carboxylic acids is 1. The Labute approximate surface area is 160 Å². The summed E-state index contributed by atoms with van der Waals surface area (Å²) in [5, 5.41) is 8.98. The summed E-state index contributed by atoms with van der Waals surface area (Å²) >= 11 is 6.57. The van der Waals surface area contributed by atoms with Crippen LogP contribution in [0.3, 0.4) is 0 Å². The molecule has 0 aliphatic carbocycles. The molecule has 0 unspecified atom stereocenters. The summed E-state index contributed by atoms with van der Waals surface area (Å²) in [5.74, 6) is -1.22. The maximum atomic E-state index is 12.7. The molecule has 0 bridgehead atoms. The summed E-state index contributed by atoms with van der Waals surface area (Å²) in [6, 6.07) is 14.0. The summed E-state index contributed by atoms with van der Waals surface area (Å²) in [6.45, 7) is 0. The van der Waals surface area contributed by atoms with E-state index in [1.807, 2.05) is 49.3 Å². The number of aromatic carboxylic acids is 1. The lowest BCUT2D eigenvalue weighted by atomic mass is 10.1. The van der Waals surface area contributed by atoms with Crippen LogP contribution in [0.4, 0.5) is 11.4 Å². The van der Waals surface area contributed by atoms with Crippen molar-refractivity contribution in [1.82, 2.24) is 0 Å². The number of carbonyl (C=O) groups excluding carboxylic acids is 1. The van der Waals surface area contributed by atoms with Gasteiger partial charge in [0.15, 0.2) is 4.32 Å². The first-order valence-corrected chi connectivity index (χ1v) is 8.98. The predicted octanol–water partition coefficient (Wildman–Crippen LogP) is 3.86. The Morgan fingerprint density at radius 2 is 1.73 bits per heavy atom. The van der Waals surface area contributed by atoms with Gasteiger partial charge in [0, 0.05) is 19.8 Å². The van der Waals surface area contributed by atoms with E-state index in [1.54, 1.807) is 12.1 Å². The van der Waals surface area contributed by atoms with Crippen molar-refractivity contribution in [3.8, 4) is 0 Å². The number of hydrogen-bond donors (Lipinski definition) is 1. The molecular formula is C19H16N2O3S2. The largest absolute Gasteiger partial charge is 0.478 e. The zero-order valence-corrected chi connectivity index (χ0v) is 15.8. The standard InChI is InChI=1S/C19H16N2O3S2/c1-20(2)14-7-3-12(4-8-14)11-16-17(22)21(19(25)26-16)15-9-5-13(6-10-15)18(23)24/h3-11H,1-2H3,(H,23,24)/b16-11-. The maximum Gasteiger partial charge on any atom is 0.335 e. The highest BCUT2D eigenvalue weighted by Gasteiger charge is 2.33. The number of carboxylic acid groups (broad SMARTS) is 1. The summed E-state index contributed by atoms with van der Waals surface area (Å²) < 4.78 is 0.425. The summed E-state index contributed by atoms with van der Waals surface area (Å²) in [5.41, 5.74) is 2.71. The molecule has 7 heteroatoms. The molecule has 2 aromatic carbocycles. The van der Waals surface area contributed by atoms with Crippen LogP contribution in [-0.4, -0.2) is 35.4 Å². The number of rotatable bonds is 4. The zero-order chi connectivity index (χ0) is 18.8. The molecule has 1 fully saturated rings. The minimum absolute atomic E-state index is 0.163. The molecule has 132 valence electrons. The molecule has 1 saturated heterocycles. The lowest BCUT2D eigenvalue weighted by Crippen LogP contribution is -2.27. The number of hydrogen-bond acceptors (Lipinski definition) is 5. The number of amides is 1. The van der Waals surface area contributed by atoms with Gasteiger partial charge in [-0.05, 0) is 48.0 Å². The predicted molar refractivity (Wildman–Crippen MR) is 110 cm³/mol. The highest BCUT2D eigenvalue weighted by molar-refractivity contribution is 8.27. The number of thioether (sulfide) groups is 1. The highest BCUT2D eigenvalue weighted by Crippen LogP contribution is 2.36. The van der Waals surface area contributed by atoms with E-state index in [2.05, 4.69) is 0 Å². The van der Waals surface area contributed by atoms with Gasteiger partial charge in [0.05, 0.1) is 16.2 Å². The number of carbonyl (C=O) groups is 2. The van der Waals surface area contributed by atoms with Crippen LogP contribution >= 0.6 is 24.0 Å². The molecule has 5 nitrogen and oxygen atoms in total. The van der Waals surface area contributed by atoms with Crippen molar-refractivity contribution in [2.45, 2.75) is 0 Å². The fraction of sp³-hybridized carbons (Fsp3) is 0.105. The lowest BCUT2D eigenvalue weighted by Gasteiger charge is -2.14. The molecular weight excluding hydrogens is 368 g/mol. The van der Waals surface area contributed by atoms with Gasteiger partial charge >= 0.3 is 5.97 Å². The molecule has 1 aliphatic heterocycles. The van der Waals surface area contributed by atoms with Crippen molar-refractivity contribution in [3.63, 3.8) is 0 Å². The SMILES string of the molecule is CN(C)c1ccc(/C=C2\SC(=S)N(c3ccc(C(=O)O)cc3)C2=O)cc1. The van der Waals surface area contributed by atoms with Crippen LogP contribution in [0, 0.1) is 0 Å². The lowest BCUT2D eigenvalue weighted by molar-refractivity contribution is -0.113. The minimum atomic E-state index is -1.01. The Kier molecular flexibility index (Phi) is 5.11. The first kappa shape index (κ1) is 18.2. The van der Waals surface area contributed by atoms with Gasteiger partial charge in [-0.15, -0.1) is 0 Å². The smallest absolute Gasteiger partial charge is 0.335 e. The van der Waals surface area contributed by atoms with Gasteiger partial charge in [-0.3, -0.25) is 9.69 Å². The summed E-state index contributed by atoms with van der Waals surface area (Å²) in [7, 11) is 3.94. The van der Waals surface area contributed by atoms with E-state index >= 15 is 0 Å². The third-order valence-corrected chi connectivity index (χ3v) is 5.18. The van der Waals surface area contributed by atoms with Gasteiger partial charge in [-0.1, -0.05) is 36.1 Å². The Hall–Kier alpha value is -2.64. The molecule has 1 amide bonds. The van der Waals surface area contributed by atoms with Crippen molar-refractivity contribution in [3.05, 3.63) is 64.6 Å². The van der Waals surface area contributed by atoms with Crippen LogP contribution in [0.25, 0.3) is 6.08 Å².